The zero-order valence-electron chi connectivity index (χ0n) is 15.6. The molecule has 0 spiro atoms. The number of carbonyl (C=O) groups excluding carboxylic acids is 1. The molecule has 0 heterocycles. The lowest BCUT2D eigenvalue weighted by Gasteiger charge is -2.16. The van der Waals surface area contributed by atoms with Crippen LogP contribution in [0.1, 0.15) is 43.4 Å². The molecule has 1 N–H and O–H groups in total. The van der Waals surface area contributed by atoms with Gasteiger partial charge in [0.25, 0.3) is 0 Å². The van der Waals surface area contributed by atoms with E-state index in [-0.39, 0.29) is 51.1 Å². The maximum Gasteiger partial charge on any atom is 0.344 e. The number of rotatable bonds is 7. The fourth-order valence-corrected chi connectivity index (χ4v) is 3.65. The van der Waals surface area contributed by atoms with E-state index in [9.17, 15) is 18.7 Å². The number of hydrogen-bond acceptors (Lipinski definition) is 4. The topological polar surface area (TPSA) is 55.8 Å². The molecule has 0 aliphatic heterocycles. The number of hydrogen-bond donors (Lipinski definition) is 1. The SMILES string of the molecule is CCOC(=O)COc1cc(Cl)c(Cc2ccc(O)c(C(C)C)c2F)c(Br)c1F. The summed E-state index contributed by atoms with van der Waals surface area (Å²) in [5, 5.41) is 10.0. The van der Waals surface area contributed by atoms with E-state index in [4.69, 9.17) is 21.1 Å². The van der Waals surface area contributed by atoms with Gasteiger partial charge in [-0.3, -0.25) is 0 Å². The highest BCUT2D eigenvalue weighted by atomic mass is 79.9. The Morgan fingerprint density at radius 2 is 1.96 bits per heavy atom. The average molecular weight is 478 g/mol. The third kappa shape index (κ3) is 4.94. The van der Waals surface area contributed by atoms with Crippen molar-refractivity contribution in [2.75, 3.05) is 13.2 Å². The van der Waals surface area contributed by atoms with Gasteiger partial charge in [0, 0.05) is 23.1 Å². The molecular weight excluding hydrogens is 458 g/mol. The summed E-state index contributed by atoms with van der Waals surface area (Å²) in [4.78, 5) is 11.4. The predicted octanol–water partition coefficient (Wildman–Crippen LogP) is 5.74. The van der Waals surface area contributed by atoms with E-state index in [1.807, 2.05) is 0 Å². The van der Waals surface area contributed by atoms with Gasteiger partial charge < -0.3 is 14.6 Å². The number of carbonyl (C=O) groups is 1. The molecule has 0 aliphatic carbocycles. The van der Waals surface area contributed by atoms with Crippen molar-refractivity contribution in [2.24, 2.45) is 0 Å². The zero-order chi connectivity index (χ0) is 21.0. The van der Waals surface area contributed by atoms with Gasteiger partial charge in [-0.2, -0.15) is 0 Å². The van der Waals surface area contributed by atoms with Crippen LogP contribution < -0.4 is 4.74 Å². The lowest BCUT2D eigenvalue weighted by molar-refractivity contribution is -0.145. The van der Waals surface area contributed by atoms with Crippen LogP contribution in [-0.4, -0.2) is 24.3 Å². The van der Waals surface area contributed by atoms with Gasteiger partial charge in [-0.25, -0.2) is 13.6 Å². The molecular formula is C20H20BrClF2O4. The molecule has 28 heavy (non-hydrogen) atoms. The van der Waals surface area contributed by atoms with Crippen LogP contribution >= 0.6 is 27.5 Å². The molecule has 8 heteroatoms. The van der Waals surface area contributed by atoms with Gasteiger partial charge in [0.2, 0.25) is 0 Å². The Bertz CT molecular complexity index is 887. The van der Waals surface area contributed by atoms with Gasteiger partial charge in [-0.1, -0.05) is 31.5 Å². The lowest BCUT2D eigenvalue weighted by atomic mass is 9.95. The molecule has 4 nitrogen and oxygen atoms in total. The highest BCUT2D eigenvalue weighted by Gasteiger charge is 2.21. The Hall–Kier alpha value is -1.86. The van der Waals surface area contributed by atoms with Crippen LogP contribution in [0.3, 0.4) is 0 Å². The summed E-state index contributed by atoms with van der Waals surface area (Å²) in [5.41, 5.74) is 0.783. The fraction of sp³-hybridized carbons (Fsp3) is 0.350. The molecule has 0 saturated heterocycles. The Morgan fingerprint density at radius 1 is 1.29 bits per heavy atom. The minimum absolute atomic E-state index is 0.000324. The van der Waals surface area contributed by atoms with E-state index in [1.54, 1.807) is 20.8 Å². The highest BCUT2D eigenvalue weighted by Crippen LogP contribution is 2.38. The first-order valence-corrected chi connectivity index (χ1v) is 9.79. The third-order valence-electron chi connectivity index (χ3n) is 4.05. The van der Waals surface area contributed by atoms with Crippen LogP contribution in [0.5, 0.6) is 11.5 Å². The zero-order valence-corrected chi connectivity index (χ0v) is 18.0. The molecule has 2 aromatic rings. The van der Waals surface area contributed by atoms with Crippen molar-refractivity contribution in [1.82, 2.24) is 0 Å². The maximum atomic E-state index is 14.8. The molecule has 0 fully saturated rings. The smallest absolute Gasteiger partial charge is 0.344 e. The first-order valence-electron chi connectivity index (χ1n) is 8.62. The van der Waals surface area contributed by atoms with Crippen molar-refractivity contribution in [2.45, 2.75) is 33.1 Å². The van der Waals surface area contributed by atoms with Crippen molar-refractivity contribution in [3.05, 3.63) is 56.0 Å². The van der Waals surface area contributed by atoms with Crippen LogP contribution in [-0.2, 0) is 16.0 Å². The molecule has 0 radical (unpaired) electrons. The Labute approximate surface area is 175 Å². The van der Waals surface area contributed by atoms with E-state index in [2.05, 4.69) is 15.9 Å². The summed E-state index contributed by atoms with van der Waals surface area (Å²) < 4.78 is 39.3. The summed E-state index contributed by atoms with van der Waals surface area (Å²) in [5.74, 6) is -2.52. The fourth-order valence-electron chi connectivity index (χ4n) is 2.72. The predicted molar refractivity (Wildman–Crippen MR) is 106 cm³/mol. The quantitative estimate of drug-likeness (QED) is 0.408. The van der Waals surface area contributed by atoms with Gasteiger partial charge in [0.15, 0.2) is 18.2 Å². The maximum absolute atomic E-state index is 14.8. The van der Waals surface area contributed by atoms with Crippen molar-refractivity contribution < 1.29 is 28.2 Å². The van der Waals surface area contributed by atoms with E-state index in [0.29, 0.717) is 5.56 Å². The van der Waals surface area contributed by atoms with Crippen molar-refractivity contribution >= 4 is 33.5 Å². The van der Waals surface area contributed by atoms with E-state index in [1.165, 1.54) is 18.2 Å². The van der Waals surface area contributed by atoms with E-state index in [0.717, 1.165) is 0 Å². The third-order valence-corrected chi connectivity index (χ3v) is 5.22. The summed E-state index contributed by atoms with van der Waals surface area (Å²) >= 11 is 9.39. The van der Waals surface area contributed by atoms with E-state index < -0.39 is 24.2 Å². The average Bonchev–Trinajstić information content (AvgIpc) is 2.62. The van der Waals surface area contributed by atoms with Crippen LogP contribution in [0, 0.1) is 11.6 Å². The summed E-state index contributed by atoms with van der Waals surface area (Å²) in [7, 11) is 0. The molecule has 0 bridgehead atoms. The standard InChI is InChI=1S/C20H20BrClF2O4/c1-4-27-16(26)9-28-15-8-13(22)12(18(21)20(15)24)7-11-5-6-14(25)17(10(2)3)19(11)23/h5-6,8,10,25H,4,7,9H2,1-3H3. The minimum Gasteiger partial charge on any atom is -0.508 e. The van der Waals surface area contributed by atoms with Crippen molar-refractivity contribution in [3.63, 3.8) is 0 Å². The summed E-state index contributed by atoms with van der Waals surface area (Å²) in [6.07, 6.45) is 0.000324. The largest absolute Gasteiger partial charge is 0.508 e. The number of ether oxygens (including phenoxy) is 2. The Kier molecular flexibility index (Phi) is 7.66. The number of aromatic hydroxyl groups is 1. The van der Waals surface area contributed by atoms with Gasteiger partial charge in [-0.05, 0) is 46.0 Å². The number of phenols is 1. The van der Waals surface area contributed by atoms with E-state index >= 15 is 0 Å². The van der Waals surface area contributed by atoms with Gasteiger partial charge in [0.05, 0.1) is 11.1 Å². The van der Waals surface area contributed by atoms with Gasteiger partial charge in [-0.15, -0.1) is 0 Å². The minimum atomic E-state index is -0.757. The molecule has 0 atom stereocenters. The number of esters is 1. The van der Waals surface area contributed by atoms with Crippen molar-refractivity contribution in [3.8, 4) is 11.5 Å². The molecule has 0 aromatic heterocycles. The summed E-state index contributed by atoms with van der Waals surface area (Å²) in [6.45, 7) is 4.90. The Balaban J connectivity index is 2.34. The second kappa shape index (κ2) is 9.56. The van der Waals surface area contributed by atoms with Crippen LogP contribution in [0.15, 0.2) is 22.7 Å². The van der Waals surface area contributed by atoms with Crippen LogP contribution in [0.25, 0.3) is 0 Å². The highest BCUT2D eigenvalue weighted by molar-refractivity contribution is 9.10. The normalized spacial score (nSPS) is 11.0. The number of phenolic OH excluding ortho intramolecular Hbond substituents is 1. The molecule has 2 aromatic carbocycles. The molecule has 0 aliphatic rings. The first-order chi connectivity index (χ1) is 13.2. The molecule has 152 valence electrons. The molecule has 0 unspecified atom stereocenters. The van der Waals surface area contributed by atoms with Crippen LogP contribution in [0.4, 0.5) is 8.78 Å². The molecule has 2 rings (SSSR count). The number of halogens is 4. The monoisotopic (exact) mass is 476 g/mol. The second-order valence-electron chi connectivity index (χ2n) is 6.36. The molecule has 0 amide bonds. The second-order valence-corrected chi connectivity index (χ2v) is 7.56. The first kappa shape index (κ1) is 22.4. The van der Waals surface area contributed by atoms with Crippen molar-refractivity contribution in [1.29, 1.82) is 0 Å². The van der Waals surface area contributed by atoms with Gasteiger partial charge >= 0.3 is 5.97 Å². The van der Waals surface area contributed by atoms with Crippen LogP contribution in [0.2, 0.25) is 5.02 Å². The number of benzene rings is 2. The van der Waals surface area contributed by atoms with Gasteiger partial charge in [0.1, 0.15) is 11.6 Å². The Morgan fingerprint density at radius 3 is 2.57 bits per heavy atom. The molecule has 0 saturated carbocycles. The summed E-state index contributed by atoms with van der Waals surface area (Å²) in [6, 6.07) is 4.07. The lowest BCUT2D eigenvalue weighted by Crippen LogP contribution is -2.15.